The molecule has 1 aliphatic carbocycles. The Labute approximate surface area is 155 Å². The quantitative estimate of drug-likeness (QED) is 0.559. The number of rotatable bonds is 3. The van der Waals surface area contributed by atoms with Gasteiger partial charge in [0.25, 0.3) is 0 Å². The van der Waals surface area contributed by atoms with Gasteiger partial charge < -0.3 is 9.73 Å². The predicted molar refractivity (Wildman–Crippen MR) is 100 cm³/mol. The van der Waals surface area contributed by atoms with Crippen molar-refractivity contribution in [3.05, 3.63) is 68.0 Å². The van der Waals surface area contributed by atoms with E-state index in [0.717, 1.165) is 29.9 Å². The normalized spacial score (nSPS) is 18.3. The number of aromatic nitrogens is 2. The monoisotopic (exact) mass is 368 g/mol. The number of anilines is 1. The van der Waals surface area contributed by atoms with Gasteiger partial charge in [-0.25, -0.2) is 4.98 Å². The zero-order valence-electron chi connectivity index (χ0n) is 15.4. The van der Waals surface area contributed by atoms with Gasteiger partial charge in [0, 0.05) is 18.2 Å². The van der Waals surface area contributed by atoms with E-state index >= 15 is 0 Å². The van der Waals surface area contributed by atoms with Crippen LogP contribution in [0.5, 0.6) is 0 Å². The Morgan fingerprint density at radius 3 is 2.93 bits per heavy atom. The maximum Gasteiger partial charge on any atom is 0.376 e. The van der Waals surface area contributed by atoms with Crippen LogP contribution in [0, 0.1) is 22.5 Å². The van der Waals surface area contributed by atoms with E-state index in [9.17, 15) is 14.9 Å². The van der Waals surface area contributed by atoms with Crippen molar-refractivity contribution < 1.29 is 9.34 Å². The summed E-state index contributed by atoms with van der Waals surface area (Å²) in [4.78, 5) is 27.9. The molecule has 8 nitrogen and oxygen atoms in total. The van der Waals surface area contributed by atoms with Crippen LogP contribution in [-0.4, -0.2) is 14.3 Å². The first-order valence-corrected chi connectivity index (χ1v) is 8.77. The lowest BCUT2D eigenvalue weighted by molar-refractivity contribution is -0.385. The Kier molecular flexibility index (Phi) is 3.80. The first kappa shape index (κ1) is 17.3. The van der Waals surface area contributed by atoms with Crippen LogP contribution in [0.15, 0.2) is 39.7 Å². The molecule has 140 valence electrons. The predicted octanol–water partition coefficient (Wildman–Crippen LogP) is 3.63. The van der Waals surface area contributed by atoms with Crippen molar-refractivity contribution in [3.8, 4) is 0 Å². The minimum Gasteiger partial charge on any atom is -0.466 e. The molecule has 0 aliphatic heterocycles. The largest absolute Gasteiger partial charge is 0.466 e. The summed E-state index contributed by atoms with van der Waals surface area (Å²) in [5.41, 5.74) is 0.0244. The molecular weight excluding hydrogens is 348 g/mol. The second-order valence-corrected chi connectivity index (χ2v) is 7.78. The minimum atomic E-state index is -0.702. The summed E-state index contributed by atoms with van der Waals surface area (Å²) in [6.07, 6.45) is 3.01. The van der Waals surface area contributed by atoms with Gasteiger partial charge in [-0.05, 0) is 37.0 Å². The highest BCUT2D eigenvalue weighted by Gasteiger charge is 2.36. The van der Waals surface area contributed by atoms with Crippen LogP contribution in [0.2, 0.25) is 0 Å². The van der Waals surface area contributed by atoms with Crippen molar-refractivity contribution in [1.82, 2.24) is 9.38 Å². The van der Waals surface area contributed by atoms with E-state index in [2.05, 4.69) is 24.1 Å². The van der Waals surface area contributed by atoms with E-state index in [1.54, 1.807) is 18.2 Å². The molecule has 1 aliphatic rings. The van der Waals surface area contributed by atoms with Crippen molar-refractivity contribution in [2.75, 3.05) is 5.32 Å². The van der Waals surface area contributed by atoms with Gasteiger partial charge in [-0.2, -0.15) is 0 Å². The number of aryl methyl sites for hydroxylation is 1. The number of fused-ring (bicyclic) bond motifs is 2. The molecule has 1 atom stereocenters. The lowest BCUT2D eigenvalue weighted by Crippen LogP contribution is -2.30. The maximum atomic E-state index is 12.6. The second-order valence-electron chi connectivity index (χ2n) is 7.78. The average Bonchev–Trinajstić information content (AvgIpc) is 2.93. The van der Waals surface area contributed by atoms with Crippen LogP contribution in [0.3, 0.4) is 0 Å². The molecule has 3 heterocycles. The molecule has 0 fully saturated rings. The van der Waals surface area contributed by atoms with Crippen molar-refractivity contribution in [2.24, 2.45) is 5.41 Å². The lowest BCUT2D eigenvalue weighted by Gasteiger charge is -2.34. The Balaban J connectivity index is 1.85. The Hall–Kier alpha value is -3.16. The molecule has 1 unspecified atom stereocenters. The third-order valence-corrected chi connectivity index (χ3v) is 4.94. The molecule has 1 N–H and O–H groups in total. The summed E-state index contributed by atoms with van der Waals surface area (Å²) in [7, 11) is 0. The lowest BCUT2D eigenvalue weighted by atomic mass is 9.74. The number of hydrogen-bond donors (Lipinski definition) is 1. The molecule has 3 aromatic rings. The molecule has 0 bridgehead atoms. The van der Waals surface area contributed by atoms with Crippen molar-refractivity contribution >= 4 is 17.2 Å². The van der Waals surface area contributed by atoms with Crippen LogP contribution in [-0.2, 0) is 6.42 Å². The van der Waals surface area contributed by atoms with Crippen molar-refractivity contribution in [3.63, 3.8) is 0 Å². The number of nitrogens with one attached hydrogen (secondary N) is 1. The number of pyridine rings is 1. The third kappa shape index (κ3) is 2.97. The molecule has 0 radical (unpaired) electrons. The molecule has 0 amide bonds. The zero-order valence-corrected chi connectivity index (χ0v) is 15.4. The Morgan fingerprint density at radius 1 is 1.41 bits per heavy atom. The number of nitro groups is 1. The first-order valence-electron chi connectivity index (χ1n) is 8.77. The summed E-state index contributed by atoms with van der Waals surface area (Å²) in [5, 5.41) is 14.8. The van der Waals surface area contributed by atoms with E-state index < -0.39 is 16.2 Å². The molecule has 0 spiro atoms. The highest BCUT2D eigenvalue weighted by molar-refractivity contribution is 5.61. The summed E-state index contributed by atoms with van der Waals surface area (Å²) >= 11 is 0. The van der Waals surface area contributed by atoms with Crippen LogP contribution < -0.4 is 10.9 Å². The molecular formula is C19H20N4O4. The minimum absolute atomic E-state index is 0.0105. The van der Waals surface area contributed by atoms with Gasteiger partial charge in [0.1, 0.15) is 17.2 Å². The standard InChI is InChI=1S/C19H20N4O4/c1-11-8-12-13(9-19(2,3)10-14(12)27-11)20-17-16(23(25)26)18(24)22-7-5-4-6-15(22)21-17/h4-8,13,20H,9-10H2,1-3H3. The fourth-order valence-corrected chi connectivity index (χ4v) is 3.82. The molecule has 3 aromatic heterocycles. The molecule has 0 saturated carbocycles. The van der Waals surface area contributed by atoms with Gasteiger partial charge in [0.15, 0.2) is 0 Å². The fraction of sp³-hybridized carbons (Fsp3) is 0.368. The molecule has 4 rings (SSSR count). The average molecular weight is 368 g/mol. The smallest absolute Gasteiger partial charge is 0.376 e. The summed E-state index contributed by atoms with van der Waals surface area (Å²) < 4.78 is 7.00. The molecule has 0 aromatic carbocycles. The number of furan rings is 1. The zero-order chi connectivity index (χ0) is 19.3. The van der Waals surface area contributed by atoms with Gasteiger partial charge in [-0.1, -0.05) is 19.9 Å². The summed E-state index contributed by atoms with van der Waals surface area (Å²) in [5.74, 6) is 1.66. The summed E-state index contributed by atoms with van der Waals surface area (Å²) in [6, 6.07) is 6.74. The van der Waals surface area contributed by atoms with Crippen molar-refractivity contribution in [2.45, 2.75) is 39.7 Å². The van der Waals surface area contributed by atoms with Gasteiger partial charge >= 0.3 is 11.2 Å². The van der Waals surface area contributed by atoms with E-state index in [1.165, 1.54) is 10.6 Å². The van der Waals surface area contributed by atoms with Gasteiger partial charge in [0.2, 0.25) is 5.82 Å². The van der Waals surface area contributed by atoms with Gasteiger partial charge in [-0.3, -0.25) is 19.3 Å². The fourth-order valence-electron chi connectivity index (χ4n) is 3.82. The Morgan fingerprint density at radius 2 is 2.19 bits per heavy atom. The second kappa shape index (κ2) is 5.94. The highest BCUT2D eigenvalue weighted by atomic mass is 16.6. The van der Waals surface area contributed by atoms with E-state index in [0.29, 0.717) is 5.65 Å². The third-order valence-electron chi connectivity index (χ3n) is 4.94. The van der Waals surface area contributed by atoms with Crippen LogP contribution in [0.4, 0.5) is 11.5 Å². The van der Waals surface area contributed by atoms with Crippen molar-refractivity contribution in [1.29, 1.82) is 0 Å². The van der Waals surface area contributed by atoms with Crippen LogP contribution >= 0.6 is 0 Å². The van der Waals surface area contributed by atoms with E-state index in [1.807, 2.05) is 13.0 Å². The summed E-state index contributed by atoms with van der Waals surface area (Å²) in [6.45, 7) is 6.13. The SMILES string of the molecule is Cc1cc2c(o1)CC(C)(C)CC2Nc1nc2ccccn2c(=O)c1[N+](=O)[O-]. The first-order chi connectivity index (χ1) is 12.7. The maximum absolute atomic E-state index is 12.6. The molecule has 27 heavy (non-hydrogen) atoms. The molecule has 8 heteroatoms. The highest BCUT2D eigenvalue weighted by Crippen LogP contribution is 2.43. The number of hydrogen-bond acceptors (Lipinski definition) is 6. The Bertz CT molecular complexity index is 1110. The van der Waals surface area contributed by atoms with Gasteiger partial charge in [0.05, 0.1) is 11.0 Å². The van der Waals surface area contributed by atoms with E-state index in [4.69, 9.17) is 4.42 Å². The topological polar surface area (TPSA) is 103 Å². The molecule has 0 saturated heterocycles. The van der Waals surface area contributed by atoms with Crippen LogP contribution in [0.1, 0.15) is 43.4 Å². The van der Waals surface area contributed by atoms with Gasteiger partial charge in [-0.15, -0.1) is 0 Å². The number of nitrogens with zero attached hydrogens (tertiary/aromatic N) is 3. The van der Waals surface area contributed by atoms with E-state index in [-0.39, 0.29) is 17.3 Å². The van der Waals surface area contributed by atoms with Crippen LogP contribution in [0.25, 0.3) is 5.65 Å².